The molecule has 2 N–H and O–H groups in total. The van der Waals surface area contributed by atoms with E-state index in [1.165, 1.54) is 30.5 Å². The van der Waals surface area contributed by atoms with Crippen LogP contribution in [-0.2, 0) is 6.42 Å². The molecule has 0 aliphatic carbocycles. The fourth-order valence-corrected chi connectivity index (χ4v) is 1.49. The number of aromatic nitrogens is 2. The van der Waals surface area contributed by atoms with Crippen molar-refractivity contribution in [3.8, 4) is 5.75 Å². The van der Waals surface area contributed by atoms with Gasteiger partial charge in [0.15, 0.2) is 5.75 Å². The van der Waals surface area contributed by atoms with Crippen LogP contribution >= 0.6 is 0 Å². The van der Waals surface area contributed by atoms with Gasteiger partial charge in [-0.05, 0) is 17.7 Å². The van der Waals surface area contributed by atoms with Crippen LogP contribution in [0.25, 0.3) is 0 Å². The third-order valence-corrected chi connectivity index (χ3v) is 2.36. The molecule has 106 valence electrons. The predicted octanol–water partition coefficient (Wildman–Crippen LogP) is 1.77. The Labute approximate surface area is 111 Å². The van der Waals surface area contributed by atoms with Gasteiger partial charge in [-0.2, -0.15) is 13.2 Å². The van der Waals surface area contributed by atoms with Crippen LogP contribution in [-0.4, -0.2) is 15.9 Å². The lowest BCUT2D eigenvalue weighted by molar-refractivity contribution is -0.127. The molecule has 0 atom stereocenters. The highest BCUT2D eigenvalue weighted by Crippen LogP contribution is 2.22. The zero-order chi connectivity index (χ0) is 14.8. The topological polar surface area (TPSA) is 70.1 Å². The highest BCUT2D eigenvalue weighted by molar-refractivity contribution is 5.31. The Kier molecular flexibility index (Phi) is 3.64. The number of halogens is 3. The first-order valence-electron chi connectivity index (χ1n) is 5.51. The van der Waals surface area contributed by atoms with Crippen molar-refractivity contribution >= 4 is 5.69 Å². The Morgan fingerprint density at radius 2 is 1.90 bits per heavy atom. The Morgan fingerprint density at radius 1 is 1.25 bits per heavy atom. The Balaban J connectivity index is 2.15. The van der Waals surface area contributed by atoms with Gasteiger partial charge >= 0.3 is 11.7 Å². The molecule has 0 saturated carbocycles. The van der Waals surface area contributed by atoms with E-state index in [0.29, 0.717) is 0 Å². The first-order valence-corrected chi connectivity index (χ1v) is 5.51. The number of alkyl halides is 3. The number of hydrogen-bond acceptors (Lipinski definition) is 4. The number of nitrogens with zero attached hydrogens (tertiary/aromatic N) is 2. The normalized spacial score (nSPS) is 11.3. The maximum absolute atomic E-state index is 12.2. The van der Waals surface area contributed by atoms with Gasteiger partial charge in [-0.25, -0.2) is 4.98 Å². The molecular weight excluding hydrogens is 275 g/mol. The molecule has 0 aliphatic heterocycles. The number of anilines is 1. The number of nitrogens with two attached hydrogens (primary N) is 1. The van der Waals surface area contributed by atoms with Crippen LogP contribution in [0.3, 0.4) is 0 Å². The van der Waals surface area contributed by atoms with Gasteiger partial charge in [-0.3, -0.25) is 4.79 Å². The average molecular weight is 285 g/mol. The summed E-state index contributed by atoms with van der Waals surface area (Å²) >= 11 is 0. The first kappa shape index (κ1) is 13.9. The summed E-state index contributed by atoms with van der Waals surface area (Å²) in [5, 5.41) is 0. The second-order valence-corrected chi connectivity index (χ2v) is 4.01. The van der Waals surface area contributed by atoms with E-state index in [4.69, 9.17) is 10.6 Å². The molecule has 0 spiro atoms. The van der Waals surface area contributed by atoms with Crippen molar-refractivity contribution in [2.45, 2.75) is 12.6 Å². The van der Waals surface area contributed by atoms with Crippen LogP contribution in [0.15, 0.2) is 41.6 Å². The van der Waals surface area contributed by atoms with Gasteiger partial charge in [-0.15, -0.1) is 4.73 Å². The summed E-state index contributed by atoms with van der Waals surface area (Å²) in [6.07, 6.45) is -3.00. The third kappa shape index (κ3) is 3.50. The summed E-state index contributed by atoms with van der Waals surface area (Å²) < 4.78 is 37.4. The highest BCUT2D eigenvalue weighted by Gasteiger charge is 2.27. The maximum Gasteiger partial charge on any atom is 0.393 e. The summed E-state index contributed by atoms with van der Waals surface area (Å²) in [5.74, 6) is 0.199. The highest BCUT2D eigenvalue weighted by atomic mass is 19.4. The van der Waals surface area contributed by atoms with Crippen molar-refractivity contribution in [3.63, 3.8) is 0 Å². The fraction of sp³-hybridized carbons (Fsp3) is 0.167. The third-order valence-electron chi connectivity index (χ3n) is 2.36. The molecule has 0 fully saturated rings. The standard InChI is InChI=1S/C12H10F3N3O2/c13-12(14,15)5-8-1-3-9(4-2-8)20-18-7-17-6-10(16)11(18)19/h1-4,6-7H,5,16H2. The molecule has 0 unspecified atom stereocenters. The zero-order valence-corrected chi connectivity index (χ0v) is 10.1. The molecule has 0 bridgehead atoms. The van der Waals surface area contributed by atoms with Crippen LogP contribution in [0, 0.1) is 0 Å². The number of rotatable bonds is 3. The average Bonchev–Trinajstić information content (AvgIpc) is 2.35. The van der Waals surface area contributed by atoms with Crippen molar-refractivity contribution in [2.24, 2.45) is 0 Å². The number of benzene rings is 1. The zero-order valence-electron chi connectivity index (χ0n) is 10.1. The Morgan fingerprint density at radius 3 is 2.50 bits per heavy atom. The molecule has 0 aliphatic rings. The molecular formula is C12H10F3N3O2. The van der Waals surface area contributed by atoms with Gasteiger partial charge in [0, 0.05) is 0 Å². The van der Waals surface area contributed by atoms with Crippen LogP contribution in [0.1, 0.15) is 5.56 Å². The smallest absolute Gasteiger partial charge is 0.393 e. The summed E-state index contributed by atoms with van der Waals surface area (Å²) in [4.78, 5) is 20.4. The lowest BCUT2D eigenvalue weighted by Crippen LogP contribution is -2.26. The van der Waals surface area contributed by atoms with Crippen molar-refractivity contribution < 1.29 is 18.0 Å². The van der Waals surface area contributed by atoms with E-state index >= 15 is 0 Å². The number of hydrogen-bond donors (Lipinski definition) is 1. The minimum Gasteiger partial charge on any atom is -0.393 e. The minimum atomic E-state index is -4.27. The van der Waals surface area contributed by atoms with E-state index < -0.39 is 18.2 Å². The van der Waals surface area contributed by atoms with E-state index in [1.807, 2.05) is 0 Å². The monoisotopic (exact) mass is 285 g/mol. The SMILES string of the molecule is Nc1cncn(Oc2ccc(CC(F)(F)F)cc2)c1=O. The van der Waals surface area contributed by atoms with E-state index in [0.717, 1.165) is 11.1 Å². The largest absolute Gasteiger partial charge is 0.393 e. The molecule has 1 aromatic carbocycles. The van der Waals surface area contributed by atoms with E-state index in [1.54, 1.807) is 0 Å². The Bertz CT molecular complexity index is 650. The van der Waals surface area contributed by atoms with Gasteiger partial charge in [0.2, 0.25) is 0 Å². The van der Waals surface area contributed by atoms with Gasteiger partial charge in [0.25, 0.3) is 0 Å². The molecule has 0 saturated heterocycles. The Hall–Kier alpha value is -2.51. The van der Waals surface area contributed by atoms with Crippen molar-refractivity contribution in [1.29, 1.82) is 0 Å². The minimum absolute atomic E-state index is 0.0961. The summed E-state index contributed by atoms with van der Waals surface area (Å²) in [6.45, 7) is 0. The molecule has 5 nitrogen and oxygen atoms in total. The van der Waals surface area contributed by atoms with Crippen LogP contribution in [0.4, 0.5) is 18.9 Å². The second kappa shape index (κ2) is 5.24. The molecule has 1 aromatic heterocycles. The van der Waals surface area contributed by atoms with Crippen molar-refractivity contribution in [1.82, 2.24) is 9.71 Å². The lowest BCUT2D eigenvalue weighted by atomic mass is 10.1. The van der Waals surface area contributed by atoms with Gasteiger partial charge < -0.3 is 10.6 Å². The predicted molar refractivity (Wildman–Crippen MR) is 65.1 cm³/mol. The van der Waals surface area contributed by atoms with Gasteiger partial charge in [0.1, 0.15) is 12.0 Å². The fourth-order valence-electron chi connectivity index (χ4n) is 1.49. The molecule has 0 amide bonds. The maximum atomic E-state index is 12.2. The molecule has 2 aromatic rings. The van der Waals surface area contributed by atoms with Crippen molar-refractivity contribution in [3.05, 3.63) is 52.7 Å². The molecule has 0 radical (unpaired) electrons. The quantitative estimate of drug-likeness (QED) is 0.933. The van der Waals surface area contributed by atoms with Crippen molar-refractivity contribution in [2.75, 3.05) is 5.73 Å². The molecule has 20 heavy (non-hydrogen) atoms. The lowest BCUT2D eigenvalue weighted by Gasteiger charge is -2.09. The summed E-state index contributed by atoms with van der Waals surface area (Å²) in [5.41, 5.74) is 4.77. The second-order valence-electron chi connectivity index (χ2n) is 4.01. The summed E-state index contributed by atoms with van der Waals surface area (Å²) in [6, 6.07) is 5.20. The van der Waals surface area contributed by atoms with Crippen LogP contribution in [0.2, 0.25) is 0 Å². The molecule has 8 heteroatoms. The van der Waals surface area contributed by atoms with Gasteiger partial charge in [-0.1, -0.05) is 12.1 Å². The van der Waals surface area contributed by atoms with Crippen LogP contribution in [0.5, 0.6) is 5.75 Å². The first-order chi connectivity index (χ1) is 9.35. The van der Waals surface area contributed by atoms with Gasteiger partial charge in [0.05, 0.1) is 12.6 Å². The molecule has 1 heterocycles. The number of nitrogen functional groups attached to an aromatic ring is 1. The molecule has 2 rings (SSSR count). The van der Waals surface area contributed by atoms with E-state index in [-0.39, 0.29) is 17.0 Å². The van der Waals surface area contributed by atoms with E-state index in [2.05, 4.69) is 4.98 Å². The van der Waals surface area contributed by atoms with Crippen LogP contribution < -0.4 is 16.1 Å². The summed E-state index contributed by atoms with van der Waals surface area (Å²) in [7, 11) is 0. The van der Waals surface area contributed by atoms with E-state index in [9.17, 15) is 18.0 Å².